The molecule has 1 aliphatic rings. The Morgan fingerprint density at radius 1 is 1.38 bits per heavy atom. The summed E-state index contributed by atoms with van der Waals surface area (Å²) in [5.74, 6) is -1.20. The van der Waals surface area contributed by atoms with Crippen LogP contribution in [0, 0.1) is 24.2 Å². The van der Waals surface area contributed by atoms with Crippen LogP contribution in [-0.4, -0.2) is 32.6 Å². The van der Waals surface area contributed by atoms with Gasteiger partial charge in [-0.2, -0.15) is 0 Å². The van der Waals surface area contributed by atoms with Gasteiger partial charge >= 0.3 is 5.97 Å². The molecule has 6 nitrogen and oxygen atoms in total. The molecule has 2 rings (SSSR count). The largest absolute Gasteiger partial charge is 0.481 e. The van der Waals surface area contributed by atoms with Crippen LogP contribution in [0.2, 0.25) is 0 Å². The normalized spacial score (nSPS) is 28.1. The number of nitrogens with one attached hydrogen (secondary N) is 1. The third-order valence-corrected chi connectivity index (χ3v) is 5.74. The van der Waals surface area contributed by atoms with E-state index in [-0.39, 0.29) is 29.2 Å². The number of aromatic nitrogens is 2. The summed E-state index contributed by atoms with van der Waals surface area (Å²) >= 11 is 1.09. The van der Waals surface area contributed by atoms with Gasteiger partial charge in [0, 0.05) is 6.04 Å². The van der Waals surface area contributed by atoms with Crippen molar-refractivity contribution in [1.82, 2.24) is 14.9 Å². The zero-order valence-corrected chi connectivity index (χ0v) is 13.5. The zero-order valence-electron chi connectivity index (χ0n) is 12.7. The summed E-state index contributed by atoms with van der Waals surface area (Å²) in [5.41, 5.74) is 0.270. The molecule has 1 amide bonds. The van der Waals surface area contributed by atoms with Crippen LogP contribution in [0.25, 0.3) is 0 Å². The second-order valence-electron chi connectivity index (χ2n) is 6.35. The predicted octanol–water partition coefficient (Wildman–Crippen LogP) is 2.10. The molecule has 2 N–H and O–H groups in total. The smallest absolute Gasteiger partial charge is 0.307 e. The van der Waals surface area contributed by atoms with Crippen molar-refractivity contribution in [2.24, 2.45) is 17.3 Å². The van der Waals surface area contributed by atoms with Crippen molar-refractivity contribution >= 4 is 23.4 Å². The molecule has 1 aliphatic carbocycles. The highest BCUT2D eigenvalue weighted by Gasteiger charge is 2.46. The molecule has 1 aromatic rings. The SMILES string of the molecule is Cc1nnsc1C(=O)NC1CCC(C(=O)O)C(C)(C)C1C. The number of rotatable bonds is 3. The van der Waals surface area contributed by atoms with E-state index >= 15 is 0 Å². The minimum Gasteiger partial charge on any atom is -0.481 e. The van der Waals surface area contributed by atoms with Gasteiger partial charge in [0.15, 0.2) is 0 Å². The Morgan fingerprint density at radius 3 is 2.57 bits per heavy atom. The molecule has 116 valence electrons. The Morgan fingerprint density at radius 2 is 2.05 bits per heavy atom. The van der Waals surface area contributed by atoms with Crippen LogP contribution < -0.4 is 5.32 Å². The first kappa shape index (κ1) is 15.9. The van der Waals surface area contributed by atoms with Crippen molar-refractivity contribution in [1.29, 1.82) is 0 Å². The molecule has 21 heavy (non-hydrogen) atoms. The Labute approximate surface area is 128 Å². The molecule has 7 heteroatoms. The summed E-state index contributed by atoms with van der Waals surface area (Å²) in [6.45, 7) is 7.70. The van der Waals surface area contributed by atoms with Crippen LogP contribution in [0.4, 0.5) is 0 Å². The number of aliphatic carboxylic acids is 1. The molecule has 3 unspecified atom stereocenters. The molecular weight excluding hydrogens is 290 g/mol. The van der Waals surface area contributed by atoms with Gasteiger partial charge in [0.05, 0.1) is 11.6 Å². The second kappa shape index (κ2) is 5.71. The highest BCUT2D eigenvalue weighted by molar-refractivity contribution is 7.08. The molecule has 0 aromatic carbocycles. The van der Waals surface area contributed by atoms with Gasteiger partial charge in [-0.3, -0.25) is 9.59 Å². The van der Waals surface area contributed by atoms with E-state index in [0.717, 1.165) is 11.5 Å². The van der Waals surface area contributed by atoms with Crippen molar-refractivity contribution in [3.05, 3.63) is 10.6 Å². The fraction of sp³-hybridized carbons (Fsp3) is 0.714. The van der Waals surface area contributed by atoms with E-state index < -0.39 is 5.97 Å². The Hall–Kier alpha value is -1.50. The molecule has 0 saturated heterocycles. The molecule has 1 aromatic heterocycles. The lowest BCUT2D eigenvalue weighted by Gasteiger charge is -2.46. The van der Waals surface area contributed by atoms with Gasteiger partial charge in [-0.1, -0.05) is 25.3 Å². The van der Waals surface area contributed by atoms with Crippen LogP contribution in [-0.2, 0) is 4.79 Å². The maximum atomic E-state index is 12.3. The number of hydrogen-bond acceptors (Lipinski definition) is 5. The first-order valence-electron chi connectivity index (χ1n) is 7.07. The molecule has 1 heterocycles. The zero-order chi connectivity index (χ0) is 15.8. The third-order valence-electron chi connectivity index (χ3n) is 4.91. The molecule has 3 atom stereocenters. The van der Waals surface area contributed by atoms with Gasteiger partial charge in [-0.15, -0.1) is 5.10 Å². The molecule has 1 fully saturated rings. The minimum absolute atomic E-state index is 0.0235. The standard InChI is InChI=1S/C14H21N3O3S/c1-7-10(6-5-9(13(19)20)14(7,3)4)15-12(18)11-8(2)16-17-21-11/h7,9-10H,5-6H2,1-4H3,(H,15,18)(H,19,20). The number of carbonyl (C=O) groups excluding carboxylic acids is 1. The topological polar surface area (TPSA) is 92.2 Å². The molecular formula is C14H21N3O3S. The van der Waals surface area contributed by atoms with Gasteiger partial charge in [0.1, 0.15) is 4.88 Å². The van der Waals surface area contributed by atoms with Gasteiger partial charge in [0.25, 0.3) is 5.91 Å². The number of carbonyl (C=O) groups is 2. The number of carboxylic acid groups (broad SMARTS) is 1. The number of hydrogen-bond donors (Lipinski definition) is 2. The van der Waals surface area contributed by atoms with Crippen LogP contribution in [0.1, 0.15) is 49.0 Å². The van der Waals surface area contributed by atoms with E-state index in [1.165, 1.54) is 0 Å². The van der Waals surface area contributed by atoms with Crippen molar-refractivity contribution in [2.75, 3.05) is 0 Å². The van der Waals surface area contributed by atoms with Crippen LogP contribution in [0.3, 0.4) is 0 Å². The van der Waals surface area contributed by atoms with E-state index in [1.807, 2.05) is 20.8 Å². The Kier molecular flexibility index (Phi) is 4.32. The number of carboxylic acids is 1. The molecule has 0 radical (unpaired) electrons. The molecule has 0 bridgehead atoms. The maximum Gasteiger partial charge on any atom is 0.307 e. The molecule has 0 spiro atoms. The first-order valence-corrected chi connectivity index (χ1v) is 7.85. The van der Waals surface area contributed by atoms with E-state index in [0.29, 0.717) is 23.4 Å². The minimum atomic E-state index is -0.751. The third kappa shape index (κ3) is 2.92. The first-order chi connectivity index (χ1) is 9.75. The molecule has 0 aliphatic heterocycles. The maximum absolute atomic E-state index is 12.3. The number of amides is 1. The number of aryl methyl sites for hydroxylation is 1. The lowest BCUT2D eigenvalue weighted by molar-refractivity contribution is -0.150. The average molecular weight is 311 g/mol. The van der Waals surface area contributed by atoms with Gasteiger partial charge < -0.3 is 10.4 Å². The summed E-state index contributed by atoms with van der Waals surface area (Å²) in [6.07, 6.45) is 1.26. The highest BCUT2D eigenvalue weighted by Crippen LogP contribution is 2.45. The fourth-order valence-electron chi connectivity index (χ4n) is 3.12. The van der Waals surface area contributed by atoms with Crippen LogP contribution in [0.15, 0.2) is 0 Å². The Balaban J connectivity index is 2.11. The van der Waals surface area contributed by atoms with Crippen LogP contribution in [0.5, 0.6) is 0 Å². The summed E-state index contributed by atoms with van der Waals surface area (Å²) in [5, 5.41) is 16.2. The quantitative estimate of drug-likeness (QED) is 0.892. The van der Waals surface area contributed by atoms with Crippen molar-refractivity contribution in [3.8, 4) is 0 Å². The summed E-state index contributed by atoms with van der Waals surface area (Å²) in [7, 11) is 0. The Bertz CT molecular complexity index is 555. The summed E-state index contributed by atoms with van der Waals surface area (Å²) in [6, 6.07) is -0.0235. The average Bonchev–Trinajstić information content (AvgIpc) is 2.81. The van der Waals surface area contributed by atoms with Crippen molar-refractivity contribution in [3.63, 3.8) is 0 Å². The monoisotopic (exact) mass is 311 g/mol. The van der Waals surface area contributed by atoms with E-state index in [2.05, 4.69) is 14.9 Å². The summed E-state index contributed by atoms with van der Waals surface area (Å²) < 4.78 is 3.77. The lowest BCUT2D eigenvalue weighted by atomic mass is 9.61. The highest BCUT2D eigenvalue weighted by atomic mass is 32.1. The fourth-order valence-corrected chi connectivity index (χ4v) is 3.68. The van der Waals surface area contributed by atoms with Crippen molar-refractivity contribution < 1.29 is 14.7 Å². The van der Waals surface area contributed by atoms with Gasteiger partial charge in [0.2, 0.25) is 0 Å². The van der Waals surface area contributed by atoms with Gasteiger partial charge in [-0.05, 0) is 42.6 Å². The lowest BCUT2D eigenvalue weighted by Crippen LogP contribution is -2.52. The number of nitrogens with zero attached hydrogens (tertiary/aromatic N) is 2. The summed E-state index contributed by atoms with van der Waals surface area (Å²) in [4.78, 5) is 24.2. The van der Waals surface area contributed by atoms with Crippen LogP contribution >= 0.6 is 11.5 Å². The van der Waals surface area contributed by atoms with Crippen molar-refractivity contribution in [2.45, 2.75) is 46.6 Å². The van der Waals surface area contributed by atoms with E-state index in [1.54, 1.807) is 6.92 Å². The van der Waals surface area contributed by atoms with E-state index in [9.17, 15) is 14.7 Å². The predicted molar refractivity (Wildman–Crippen MR) is 79.2 cm³/mol. The van der Waals surface area contributed by atoms with E-state index in [4.69, 9.17) is 0 Å². The second-order valence-corrected chi connectivity index (χ2v) is 7.10. The van der Waals surface area contributed by atoms with Gasteiger partial charge in [-0.25, -0.2) is 0 Å². The molecule has 1 saturated carbocycles.